The molecule has 7 nitrogen and oxygen atoms in total. The van der Waals surface area contributed by atoms with E-state index in [-0.39, 0.29) is 21.5 Å². The van der Waals surface area contributed by atoms with Gasteiger partial charge in [0.1, 0.15) is 19.0 Å². The van der Waals surface area contributed by atoms with Crippen LogP contribution in [0.2, 0.25) is 15.1 Å². The zero-order valence-corrected chi connectivity index (χ0v) is 21.8. The molecule has 1 amide bonds. The molecule has 4 aromatic rings. The molecule has 2 aliphatic rings. The second-order valence-electron chi connectivity index (χ2n) is 8.31. The third-order valence-electron chi connectivity index (χ3n) is 6.06. The lowest BCUT2D eigenvalue weighted by atomic mass is 9.95. The molecule has 0 aliphatic carbocycles. The van der Waals surface area contributed by atoms with Crippen molar-refractivity contribution in [2.45, 2.75) is 6.04 Å². The second kappa shape index (κ2) is 9.22. The van der Waals surface area contributed by atoms with Gasteiger partial charge in [0.2, 0.25) is 0 Å². The van der Waals surface area contributed by atoms with Gasteiger partial charge in [-0.1, -0.05) is 52.2 Å². The Bertz CT molecular complexity index is 1650. The molecule has 1 atom stereocenters. The number of ether oxygens (including phenoxy) is 2. The number of ketones is 1. The van der Waals surface area contributed by atoms with Crippen molar-refractivity contribution in [3.05, 3.63) is 86.4 Å². The Morgan fingerprint density at radius 2 is 1.73 bits per heavy atom. The van der Waals surface area contributed by atoms with Crippen molar-refractivity contribution in [1.82, 2.24) is 4.98 Å². The second-order valence-corrected chi connectivity index (χ2v) is 10.6. The Hall–Kier alpha value is -3.30. The van der Waals surface area contributed by atoms with E-state index in [0.717, 1.165) is 4.70 Å². The smallest absolute Gasteiger partial charge is 0.301 e. The Morgan fingerprint density at radius 1 is 0.946 bits per heavy atom. The van der Waals surface area contributed by atoms with E-state index in [0.29, 0.717) is 51.4 Å². The van der Waals surface area contributed by atoms with Gasteiger partial charge < -0.3 is 14.6 Å². The van der Waals surface area contributed by atoms with E-state index in [4.69, 9.17) is 44.3 Å². The third kappa shape index (κ3) is 4.10. The fourth-order valence-electron chi connectivity index (χ4n) is 4.36. The summed E-state index contributed by atoms with van der Waals surface area (Å²) in [4.78, 5) is 32.7. The van der Waals surface area contributed by atoms with Crippen molar-refractivity contribution in [3.8, 4) is 11.5 Å². The highest BCUT2D eigenvalue weighted by atomic mass is 35.5. The molecular weight excluding hydrogens is 559 g/mol. The molecule has 0 spiro atoms. The molecule has 0 unspecified atom stereocenters. The van der Waals surface area contributed by atoms with E-state index >= 15 is 0 Å². The SMILES string of the molecule is O=C1C(=O)N(c2nc3ccc(Cl)cc3s2)[C@H](c2ccc(Cl)c(Cl)c2)C1=C(O)c1ccc2c(c1)OCCO2. The number of hydrogen-bond donors (Lipinski definition) is 1. The number of amides is 1. The molecule has 1 aromatic heterocycles. The van der Waals surface area contributed by atoms with Crippen LogP contribution in [0.15, 0.2) is 60.2 Å². The zero-order chi connectivity index (χ0) is 25.8. The first-order chi connectivity index (χ1) is 17.8. The number of aliphatic hydroxyl groups is 1. The van der Waals surface area contributed by atoms with Crippen LogP contribution in [0.3, 0.4) is 0 Å². The molecule has 186 valence electrons. The van der Waals surface area contributed by atoms with E-state index in [2.05, 4.69) is 4.98 Å². The van der Waals surface area contributed by atoms with Gasteiger partial charge in [-0.05, 0) is 54.1 Å². The van der Waals surface area contributed by atoms with Crippen molar-refractivity contribution in [2.75, 3.05) is 18.1 Å². The average molecular weight is 574 g/mol. The van der Waals surface area contributed by atoms with Crippen molar-refractivity contribution in [3.63, 3.8) is 0 Å². The van der Waals surface area contributed by atoms with Crippen molar-refractivity contribution in [2.24, 2.45) is 0 Å². The highest BCUT2D eigenvalue weighted by Gasteiger charge is 2.48. The first-order valence-corrected chi connectivity index (χ1v) is 13.0. The Kier molecular flexibility index (Phi) is 6.00. The number of benzene rings is 3. The summed E-state index contributed by atoms with van der Waals surface area (Å²) in [7, 11) is 0. The van der Waals surface area contributed by atoms with Crippen LogP contribution in [-0.2, 0) is 9.59 Å². The van der Waals surface area contributed by atoms with Gasteiger partial charge in [0.25, 0.3) is 5.78 Å². The standard InChI is InChI=1S/C26H15Cl3N2O5S/c27-14-3-5-17-20(11-14)37-26(30-17)31-22(12-1-4-15(28)16(29)9-12)21(24(33)25(31)34)23(32)13-2-6-18-19(10-13)36-8-7-35-18/h1-6,9-11,22,32H,7-8H2/t22-/m1/s1. The summed E-state index contributed by atoms with van der Waals surface area (Å²) in [5, 5.41) is 12.7. The molecule has 1 fully saturated rings. The third-order valence-corrected chi connectivity index (χ3v) is 8.06. The Balaban J connectivity index is 1.55. The van der Waals surface area contributed by atoms with Crippen LogP contribution in [0.4, 0.5) is 5.13 Å². The first kappa shape index (κ1) is 24.1. The number of nitrogens with zero attached hydrogens (tertiary/aromatic N) is 2. The van der Waals surface area contributed by atoms with Crippen LogP contribution < -0.4 is 14.4 Å². The number of halogens is 3. The number of fused-ring (bicyclic) bond motifs is 2. The van der Waals surface area contributed by atoms with Gasteiger partial charge in [-0.15, -0.1) is 0 Å². The van der Waals surface area contributed by atoms with E-state index in [1.807, 2.05) is 0 Å². The highest BCUT2D eigenvalue weighted by Crippen LogP contribution is 2.46. The molecule has 1 saturated heterocycles. The number of carbonyl (C=O) groups excluding carboxylic acids is 2. The summed E-state index contributed by atoms with van der Waals surface area (Å²) < 4.78 is 11.9. The number of carbonyl (C=O) groups is 2. The number of anilines is 1. The Labute approximate surface area is 229 Å². The van der Waals surface area contributed by atoms with Gasteiger partial charge in [0.15, 0.2) is 16.6 Å². The van der Waals surface area contributed by atoms with Crippen LogP contribution in [0.1, 0.15) is 17.2 Å². The molecule has 11 heteroatoms. The lowest BCUT2D eigenvalue weighted by Crippen LogP contribution is -2.29. The molecule has 0 saturated carbocycles. The van der Waals surface area contributed by atoms with Crippen LogP contribution in [-0.4, -0.2) is 35.0 Å². The summed E-state index contributed by atoms with van der Waals surface area (Å²) in [5.41, 5.74) is 1.27. The number of Topliss-reactive ketones (excluding diaryl/α,β-unsaturated/α-hetero) is 1. The molecule has 2 aliphatic heterocycles. The van der Waals surface area contributed by atoms with Crippen molar-refractivity contribution >= 4 is 78.9 Å². The predicted molar refractivity (Wildman–Crippen MR) is 143 cm³/mol. The fraction of sp³-hybridized carbons (Fsp3) is 0.115. The monoisotopic (exact) mass is 572 g/mol. The van der Waals surface area contributed by atoms with Crippen molar-refractivity contribution < 1.29 is 24.2 Å². The van der Waals surface area contributed by atoms with Crippen LogP contribution in [0.5, 0.6) is 11.5 Å². The largest absolute Gasteiger partial charge is 0.507 e. The maximum atomic E-state index is 13.4. The van der Waals surface area contributed by atoms with E-state index in [1.54, 1.807) is 54.6 Å². The predicted octanol–water partition coefficient (Wildman–Crippen LogP) is 6.65. The molecule has 6 rings (SSSR count). The van der Waals surface area contributed by atoms with E-state index in [9.17, 15) is 14.7 Å². The highest BCUT2D eigenvalue weighted by molar-refractivity contribution is 7.22. The minimum Gasteiger partial charge on any atom is -0.507 e. The maximum absolute atomic E-state index is 13.4. The summed E-state index contributed by atoms with van der Waals surface area (Å²) in [6, 6.07) is 13.7. The lowest BCUT2D eigenvalue weighted by Gasteiger charge is -2.23. The lowest BCUT2D eigenvalue weighted by molar-refractivity contribution is -0.132. The molecule has 37 heavy (non-hydrogen) atoms. The van der Waals surface area contributed by atoms with Gasteiger partial charge in [-0.25, -0.2) is 4.98 Å². The van der Waals surface area contributed by atoms with E-state index in [1.165, 1.54) is 16.2 Å². The van der Waals surface area contributed by atoms with Crippen LogP contribution in [0, 0.1) is 0 Å². The molecule has 1 N–H and O–H groups in total. The summed E-state index contributed by atoms with van der Waals surface area (Å²) in [6.07, 6.45) is 0. The van der Waals surface area contributed by atoms with Gasteiger partial charge in [0, 0.05) is 10.6 Å². The number of aromatic nitrogens is 1. The summed E-state index contributed by atoms with van der Waals surface area (Å²) >= 11 is 19.8. The molecule has 3 aromatic carbocycles. The van der Waals surface area contributed by atoms with E-state index < -0.39 is 17.7 Å². The molecule has 0 radical (unpaired) electrons. The van der Waals surface area contributed by atoms with Gasteiger partial charge in [0.05, 0.1) is 31.9 Å². The summed E-state index contributed by atoms with van der Waals surface area (Å²) in [5.74, 6) is -1.10. The molecular formula is C26H15Cl3N2O5S. The van der Waals surface area contributed by atoms with Gasteiger partial charge in [-0.3, -0.25) is 14.5 Å². The maximum Gasteiger partial charge on any atom is 0.301 e. The molecule has 3 heterocycles. The number of thiazole rings is 1. The van der Waals surface area contributed by atoms with Gasteiger partial charge in [-0.2, -0.15) is 0 Å². The Morgan fingerprint density at radius 3 is 2.51 bits per heavy atom. The zero-order valence-electron chi connectivity index (χ0n) is 18.7. The normalized spacial score (nSPS) is 18.6. The van der Waals surface area contributed by atoms with Crippen LogP contribution >= 0.6 is 46.1 Å². The van der Waals surface area contributed by atoms with Gasteiger partial charge >= 0.3 is 5.91 Å². The molecule has 0 bridgehead atoms. The first-order valence-electron chi connectivity index (χ1n) is 11.0. The minimum absolute atomic E-state index is 0.114. The summed E-state index contributed by atoms with van der Waals surface area (Å²) in [6.45, 7) is 0.765. The topological polar surface area (TPSA) is 89.0 Å². The number of aliphatic hydroxyl groups excluding tert-OH is 1. The minimum atomic E-state index is -1.01. The number of rotatable bonds is 3. The average Bonchev–Trinajstić information content (AvgIpc) is 3.42. The quantitative estimate of drug-likeness (QED) is 0.168. The number of hydrogen-bond acceptors (Lipinski definition) is 7. The van der Waals surface area contributed by atoms with Crippen molar-refractivity contribution in [1.29, 1.82) is 0 Å². The fourth-order valence-corrected chi connectivity index (χ4v) is 5.94. The van der Waals surface area contributed by atoms with Crippen LogP contribution in [0.25, 0.3) is 16.0 Å².